The lowest BCUT2D eigenvalue weighted by Crippen LogP contribution is -2.12. The molecule has 108 valence electrons. The van der Waals surface area contributed by atoms with Crippen LogP contribution in [0.3, 0.4) is 0 Å². The Kier molecular flexibility index (Phi) is 4.23. The Labute approximate surface area is 125 Å². The molecule has 0 fully saturated rings. The van der Waals surface area contributed by atoms with Gasteiger partial charge in [-0.3, -0.25) is 4.79 Å². The molecule has 0 spiro atoms. The Morgan fingerprint density at radius 1 is 1.19 bits per heavy atom. The number of carbonyl (C=O) groups is 2. The monoisotopic (exact) mass is 307 g/mol. The molecule has 0 radical (unpaired) electrons. The molecule has 0 atom stereocenters. The number of anilines is 1. The highest BCUT2D eigenvalue weighted by atomic mass is 35.5. The number of hydrogen-bond acceptors (Lipinski definition) is 2. The van der Waals surface area contributed by atoms with Crippen LogP contribution in [0.4, 0.5) is 10.1 Å². The van der Waals surface area contributed by atoms with Gasteiger partial charge in [0.05, 0.1) is 10.6 Å². The van der Waals surface area contributed by atoms with Gasteiger partial charge in [-0.15, -0.1) is 0 Å². The molecular formula is C15H11ClFNO3. The van der Waals surface area contributed by atoms with E-state index in [-0.39, 0.29) is 16.4 Å². The van der Waals surface area contributed by atoms with Gasteiger partial charge in [-0.1, -0.05) is 11.6 Å². The molecule has 0 heterocycles. The first-order chi connectivity index (χ1) is 9.88. The van der Waals surface area contributed by atoms with Crippen LogP contribution in [0.25, 0.3) is 0 Å². The van der Waals surface area contributed by atoms with Crippen molar-refractivity contribution < 1.29 is 19.1 Å². The van der Waals surface area contributed by atoms with Gasteiger partial charge in [0, 0.05) is 11.3 Å². The zero-order chi connectivity index (χ0) is 15.6. The van der Waals surface area contributed by atoms with Gasteiger partial charge in [0.2, 0.25) is 0 Å². The number of carboxylic acids is 1. The minimum atomic E-state index is -1.15. The molecule has 0 saturated heterocycles. The lowest BCUT2D eigenvalue weighted by atomic mass is 10.1. The molecule has 1 amide bonds. The Morgan fingerprint density at radius 3 is 2.48 bits per heavy atom. The maximum atomic E-state index is 13.2. The van der Waals surface area contributed by atoms with Crippen molar-refractivity contribution in [3.8, 4) is 0 Å². The van der Waals surface area contributed by atoms with Crippen LogP contribution in [0, 0.1) is 12.7 Å². The van der Waals surface area contributed by atoms with E-state index in [0.29, 0.717) is 16.8 Å². The number of aromatic carboxylic acids is 1. The number of nitrogens with one attached hydrogen (secondary N) is 1. The minimum Gasteiger partial charge on any atom is -0.478 e. The van der Waals surface area contributed by atoms with Gasteiger partial charge in [0.25, 0.3) is 5.91 Å². The van der Waals surface area contributed by atoms with Crippen molar-refractivity contribution in [2.45, 2.75) is 6.92 Å². The van der Waals surface area contributed by atoms with Crippen LogP contribution < -0.4 is 5.32 Å². The smallest absolute Gasteiger partial charge is 0.337 e. The zero-order valence-electron chi connectivity index (χ0n) is 11.0. The van der Waals surface area contributed by atoms with Gasteiger partial charge in [-0.25, -0.2) is 9.18 Å². The van der Waals surface area contributed by atoms with Crippen molar-refractivity contribution in [3.05, 3.63) is 63.9 Å². The van der Waals surface area contributed by atoms with Gasteiger partial charge >= 0.3 is 5.97 Å². The van der Waals surface area contributed by atoms with E-state index in [4.69, 9.17) is 16.7 Å². The normalized spacial score (nSPS) is 10.2. The summed E-state index contributed by atoms with van der Waals surface area (Å²) in [4.78, 5) is 22.9. The molecule has 0 unspecified atom stereocenters. The second kappa shape index (κ2) is 5.93. The molecule has 0 aliphatic heterocycles. The minimum absolute atomic E-state index is 0.0237. The number of halogens is 2. The maximum absolute atomic E-state index is 13.2. The van der Waals surface area contributed by atoms with Gasteiger partial charge in [0.15, 0.2) is 0 Å². The van der Waals surface area contributed by atoms with Crippen LogP contribution in [-0.2, 0) is 0 Å². The summed E-state index contributed by atoms with van der Waals surface area (Å²) >= 11 is 5.82. The summed E-state index contributed by atoms with van der Waals surface area (Å²) in [6.07, 6.45) is 0. The number of aryl methyl sites for hydroxylation is 1. The number of amides is 1. The Morgan fingerprint density at radius 2 is 1.90 bits per heavy atom. The van der Waals surface area contributed by atoms with E-state index in [1.54, 1.807) is 6.92 Å². The summed E-state index contributed by atoms with van der Waals surface area (Å²) in [7, 11) is 0. The lowest BCUT2D eigenvalue weighted by molar-refractivity contribution is 0.0697. The lowest BCUT2D eigenvalue weighted by Gasteiger charge is -2.08. The first-order valence-corrected chi connectivity index (χ1v) is 6.36. The van der Waals surface area contributed by atoms with E-state index in [1.165, 1.54) is 36.4 Å². The average molecular weight is 308 g/mol. The van der Waals surface area contributed by atoms with Crippen molar-refractivity contribution >= 4 is 29.2 Å². The Bertz CT molecular complexity index is 731. The second-order valence-electron chi connectivity index (χ2n) is 4.42. The molecule has 2 rings (SSSR count). The molecule has 0 aliphatic rings. The molecule has 2 aromatic rings. The predicted octanol–water partition coefficient (Wildman–Crippen LogP) is 3.74. The highest BCUT2D eigenvalue weighted by Gasteiger charge is 2.12. The largest absolute Gasteiger partial charge is 0.478 e. The van der Waals surface area contributed by atoms with Crippen LogP contribution in [0.15, 0.2) is 36.4 Å². The van der Waals surface area contributed by atoms with E-state index in [1.807, 2.05) is 0 Å². The summed E-state index contributed by atoms with van der Waals surface area (Å²) in [5.74, 6) is -1.97. The fraction of sp³-hybridized carbons (Fsp3) is 0.0667. The molecule has 0 bridgehead atoms. The highest BCUT2D eigenvalue weighted by molar-refractivity contribution is 6.33. The molecule has 0 aromatic heterocycles. The summed E-state index contributed by atoms with van der Waals surface area (Å²) in [6, 6.07) is 8.09. The van der Waals surface area contributed by atoms with Crippen molar-refractivity contribution in [2.75, 3.05) is 5.32 Å². The second-order valence-corrected chi connectivity index (χ2v) is 4.83. The first-order valence-electron chi connectivity index (χ1n) is 5.99. The molecule has 21 heavy (non-hydrogen) atoms. The van der Waals surface area contributed by atoms with Gasteiger partial charge < -0.3 is 10.4 Å². The third-order valence-corrected chi connectivity index (χ3v) is 3.19. The number of carbonyl (C=O) groups excluding carboxylic acids is 1. The van der Waals surface area contributed by atoms with Gasteiger partial charge in [0.1, 0.15) is 5.82 Å². The quantitative estimate of drug-likeness (QED) is 0.907. The molecule has 2 N–H and O–H groups in total. The summed E-state index contributed by atoms with van der Waals surface area (Å²) in [5.41, 5.74) is 0.971. The SMILES string of the molecule is Cc1cc(C(=O)Nc2ccc(C(=O)O)c(Cl)c2)ccc1F. The average Bonchev–Trinajstić information content (AvgIpc) is 2.41. The number of rotatable bonds is 3. The van der Waals surface area contributed by atoms with Crippen molar-refractivity contribution in [1.82, 2.24) is 0 Å². The molecule has 4 nitrogen and oxygen atoms in total. The first kappa shape index (κ1) is 15.0. The van der Waals surface area contributed by atoms with E-state index in [0.717, 1.165) is 0 Å². The summed E-state index contributed by atoms with van der Waals surface area (Å²) in [5, 5.41) is 11.5. The number of carboxylic acid groups (broad SMARTS) is 1. The van der Waals surface area contributed by atoms with Crippen molar-refractivity contribution in [1.29, 1.82) is 0 Å². The van der Waals surface area contributed by atoms with Crippen LogP contribution in [-0.4, -0.2) is 17.0 Å². The maximum Gasteiger partial charge on any atom is 0.337 e. The fourth-order valence-corrected chi connectivity index (χ4v) is 2.02. The number of hydrogen-bond donors (Lipinski definition) is 2. The van der Waals surface area contributed by atoms with E-state index < -0.39 is 11.9 Å². The highest BCUT2D eigenvalue weighted by Crippen LogP contribution is 2.21. The van der Waals surface area contributed by atoms with Gasteiger partial charge in [-0.2, -0.15) is 0 Å². The molecule has 2 aromatic carbocycles. The standard InChI is InChI=1S/C15H11ClFNO3/c1-8-6-9(2-5-13(8)17)14(19)18-10-3-4-11(15(20)21)12(16)7-10/h2-7H,1H3,(H,18,19)(H,20,21). The topological polar surface area (TPSA) is 66.4 Å². The molecular weight excluding hydrogens is 297 g/mol. The van der Waals surface area contributed by atoms with Crippen LogP contribution >= 0.6 is 11.6 Å². The van der Waals surface area contributed by atoms with Crippen LogP contribution in [0.5, 0.6) is 0 Å². The molecule has 0 saturated carbocycles. The third kappa shape index (κ3) is 3.38. The summed E-state index contributed by atoms with van der Waals surface area (Å²) in [6.45, 7) is 1.56. The van der Waals surface area contributed by atoms with E-state index in [2.05, 4.69) is 5.32 Å². The fourth-order valence-electron chi connectivity index (χ4n) is 1.76. The van der Waals surface area contributed by atoms with Crippen LogP contribution in [0.2, 0.25) is 5.02 Å². The predicted molar refractivity (Wildman–Crippen MR) is 77.5 cm³/mol. The number of benzene rings is 2. The van der Waals surface area contributed by atoms with E-state index >= 15 is 0 Å². The Balaban J connectivity index is 2.21. The third-order valence-electron chi connectivity index (χ3n) is 2.88. The van der Waals surface area contributed by atoms with Crippen molar-refractivity contribution in [2.24, 2.45) is 0 Å². The molecule has 6 heteroatoms. The van der Waals surface area contributed by atoms with Crippen LogP contribution in [0.1, 0.15) is 26.3 Å². The van der Waals surface area contributed by atoms with Crippen molar-refractivity contribution in [3.63, 3.8) is 0 Å². The summed E-state index contributed by atoms with van der Waals surface area (Å²) < 4.78 is 13.2. The zero-order valence-corrected chi connectivity index (χ0v) is 11.7. The van der Waals surface area contributed by atoms with Gasteiger partial charge in [-0.05, 0) is 48.9 Å². The Hall–Kier alpha value is -2.40. The van der Waals surface area contributed by atoms with E-state index in [9.17, 15) is 14.0 Å². The molecule has 0 aliphatic carbocycles.